The number of ether oxygens (including phenoxy) is 1. The van der Waals surface area contributed by atoms with Gasteiger partial charge < -0.3 is 15.0 Å². The van der Waals surface area contributed by atoms with Crippen molar-refractivity contribution in [1.29, 1.82) is 0 Å². The van der Waals surface area contributed by atoms with E-state index >= 15 is 0 Å². The number of pyridine rings is 1. The SMILES string of the molecule is C=C(c1ccc(F)cc1)c1cc(C(=O)OC)cnc1NCCN1CCCC1. The summed E-state index contributed by atoms with van der Waals surface area (Å²) in [5.41, 5.74) is 2.48. The Hall–Kier alpha value is -2.73. The molecule has 1 fully saturated rings. The third kappa shape index (κ3) is 4.71. The van der Waals surface area contributed by atoms with Crippen LogP contribution in [0.2, 0.25) is 0 Å². The summed E-state index contributed by atoms with van der Waals surface area (Å²) in [6.45, 7) is 8.07. The molecule has 0 bridgehead atoms. The summed E-state index contributed by atoms with van der Waals surface area (Å²) in [4.78, 5) is 18.7. The Balaban J connectivity index is 1.83. The molecule has 0 saturated carbocycles. The number of aromatic nitrogens is 1. The number of nitrogens with one attached hydrogen (secondary N) is 1. The number of hydrogen-bond donors (Lipinski definition) is 1. The molecule has 1 aliphatic rings. The van der Waals surface area contributed by atoms with Gasteiger partial charge in [-0.2, -0.15) is 0 Å². The van der Waals surface area contributed by atoms with Crippen LogP contribution in [0.1, 0.15) is 34.3 Å². The number of nitrogens with zero attached hydrogens (tertiary/aromatic N) is 2. The van der Waals surface area contributed by atoms with E-state index in [2.05, 4.69) is 21.8 Å². The topological polar surface area (TPSA) is 54.5 Å². The molecule has 142 valence electrons. The monoisotopic (exact) mass is 369 g/mol. The molecule has 2 aromatic rings. The number of methoxy groups -OCH3 is 1. The van der Waals surface area contributed by atoms with Crippen LogP contribution in [0.15, 0.2) is 43.1 Å². The summed E-state index contributed by atoms with van der Waals surface area (Å²) in [6.07, 6.45) is 3.99. The van der Waals surface area contributed by atoms with E-state index < -0.39 is 5.97 Å². The van der Waals surface area contributed by atoms with Crippen molar-refractivity contribution in [3.63, 3.8) is 0 Å². The first-order valence-electron chi connectivity index (χ1n) is 9.08. The highest BCUT2D eigenvalue weighted by Crippen LogP contribution is 2.28. The Morgan fingerprint density at radius 3 is 2.63 bits per heavy atom. The van der Waals surface area contributed by atoms with Crippen LogP contribution in [0.5, 0.6) is 0 Å². The van der Waals surface area contributed by atoms with Crippen molar-refractivity contribution in [2.24, 2.45) is 0 Å². The maximum atomic E-state index is 13.2. The van der Waals surface area contributed by atoms with Gasteiger partial charge in [-0.15, -0.1) is 0 Å². The number of benzene rings is 1. The summed E-state index contributed by atoms with van der Waals surface area (Å²) in [5, 5.41) is 3.35. The van der Waals surface area contributed by atoms with Crippen LogP contribution in [0.4, 0.5) is 10.2 Å². The Morgan fingerprint density at radius 1 is 1.26 bits per heavy atom. The van der Waals surface area contributed by atoms with Gasteiger partial charge in [0.2, 0.25) is 0 Å². The average molecular weight is 369 g/mol. The lowest BCUT2D eigenvalue weighted by molar-refractivity contribution is 0.0600. The Kier molecular flexibility index (Phi) is 6.19. The van der Waals surface area contributed by atoms with Crippen molar-refractivity contribution in [2.75, 3.05) is 38.6 Å². The lowest BCUT2D eigenvalue weighted by atomic mass is 9.98. The summed E-state index contributed by atoms with van der Waals surface area (Å²) < 4.78 is 18.0. The van der Waals surface area contributed by atoms with Gasteiger partial charge in [0.05, 0.1) is 12.7 Å². The van der Waals surface area contributed by atoms with Crippen molar-refractivity contribution in [2.45, 2.75) is 12.8 Å². The standard InChI is InChI=1S/C21H24FN3O2/c1-15(16-5-7-18(22)8-6-16)19-13-17(21(26)27-2)14-24-20(19)23-9-12-25-10-3-4-11-25/h5-8,13-14H,1,3-4,9-12H2,2H3,(H,23,24). The van der Waals surface area contributed by atoms with Crippen molar-refractivity contribution >= 4 is 17.4 Å². The Labute approximate surface area is 158 Å². The number of likely N-dealkylation sites (tertiary alicyclic amines) is 1. The largest absolute Gasteiger partial charge is 0.465 e. The first-order valence-corrected chi connectivity index (χ1v) is 9.08. The van der Waals surface area contributed by atoms with E-state index in [0.717, 1.165) is 31.7 Å². The van der Waals surface area contributed by atoms with E-state index in [1.165, 1.54) is 38.3 Å². The second-order valence-electron chi connectivity index (χ2n) is 6.57. The van der Waals surface area contributed by atoms with Gasteiger partial charge in [0.15, 0.2) is 0 Å². The number of carbonyl (C=O) groups excluding carboxylic acids is 1. The maximum Gasteiger partial charge on any atom is 0.339 e. The van der Waals surface area contributed by atoms with E-state index in [-0.39, 0.29) is 5.82 Å². The molecular formula is C21H24FN3O2. The maximum absolute atomic E-state index is 13.2. The quantitative estimate of drug-likeness (QED) is 0.756. The average Bonchev–Trinajstić information content (AvgIpc) is 3.21. The number of carbonyl (C=O) groups is 1. The molecule has 3 rings (SSSR count). The molecular weight excluding hydrogens is 345 g/mol. The van der Waals surface area contributed by atoms with Crippen molar-refractivity contribution in [3.8, 4) is 0 Å². The molecule has 27 heavy (non-hydrogen) atoms. The number of anilines is 1. The zero-order chi connectivity index (χ0) is 19.2. The molecule has 0 radical (unpaired) electrons. The van der Waals surface area contributed by atoms with E-state index in [9.17, 15) is 9.18 Å². The molecule has 0 spiro atoms. The smallest absolute Gasteiger partial charge is 0.339 e. The second kappa shape index (κ2) is 8.77. The molecule has 6 heteroatoms. The Bertz CT molecular complexity index is 815. The fourth-order valence-electron chi connectivity index (χ4n) is 3.21. The van der Waals surface area contributed by atoms with Crippen LogP contribution in [0.25, 0.3) is 5.57 Å². The van der Waals surface area contributed by atoms with Crippen LogP contribution in [0, 0.1) is 5.82 Å². The van der Waals surface area contributed by atoms with Gasteiger partial charge in [0, 0.05) is 24.8 Å². The first-order chi connectivity index (χ1) is 13.1. The van der Waals surface area contributed by atoms with Crippen LogP contribution in [-0.2, 0) is 4.74 Å². The Morgan fingerprint density at radius 2 is 1.96 bits per heavy atom. The van der Waals surface area contributed by atoms with E-state index in [4.69, 9.17) is 4.74 Å². The predicted molar refractivity (Wildman–Crippen MR) is 104 cm³/mol. The van der Waals surface area contributed by atoms with Gasteiger partial charge in [-0.1, -0.05) is 18.7 Å². The molecule has 1 saturated heterocycles. The zero-order valence-corrected chi connectivity index (χ0v) is 15.5. The van der Waals surface area contributed by atoms with Gasteiger partial charge in [0.25, 0.3) is 0 Å². The highest BCUT2D eigenvalue weighted by molar-refractivity contribution is 5.92. The van der Waals surface area contributed by atoms with E-state index in [1.54, 1.807) is 18.2 Å². The first kappa shape index (κ1) is 19.0. The fraction of sp³-hybridized carbons (Fsp3) is 0.333. The van der Waals surface area contributed by atoms with E-state index in [1.807, 2.05) is 0 Å². The zero-order valence-electron chi connectivity index (χ0n) is 15.5. The van der Waals surface area contributed by atoms with Crippen molar-refractivity contribution < 1.29 is 13.9 Å². The molecule has 1 aromatic carbocycles. The van der Waals surface area contributed by atoms with Crippen LogP contribution in [-0.4, -0.2) is 49.1 Å². The third-order valence-corrected chi connectivity index (χ3v) is 4.75. The summed E-state index contributed by atoms with van der Waals surface area (Å²) in [7, 11) is 1.33. The molecule has 1 N–H and O–H groups in total. The van der Waals surface area contributed by atoms with Gasteiger partial charge in [-0.3, -0.25) is 0 Å². The molecule has 0 amide bonds. The van der Waals surface area contributed by atoms with Crippen molar-refractivity contribution in [3.05, 3.63) is 65.6 Å². The number of rotatable bonds is 7. The van der Waals surface area contributed by atoms with Crippen molar-refractivity contribution in [1.82, 2.24) is 9.88 Å². The molecule has 0 atom stereocenters. The van der Waals surface area contributed by atoms with Gasteiger partial charge >= 0.3 is 5.97 Å². The lowest BCUT2D eigenvalue weighted by Crippen LogP contribution is -2.26. The molecule has 1 aromatic heterocycles. The number of hydrogen-bond acceptors (Lipinski definition) is 5. The second-order valence-corrected chi connectivity index (χ2v) is 6.57. The molecule has 5 nitrogen and oxygen atoms in total. The van der Waals surface area contributed by atoms with Crippen LogP contribution in [0.3, 0.4) is 0 Å². The molecule has 0 aliphatic carbocycles. The summed E-state index contributed by atoms with van der Waals surface area (Å²) in [5.74, 6) is -0.118. The minimum Gasteiger partial charge on any atom is -0.465 e. The summed E-state index contributed by atoms with van der Waals surface area (Å²) >= 11 is 0. The minimum atomic E-state index is -0.459. The number of esters is 1. The van der Waals surface area contributed by atoms with Gasteiger partial charge in [-0.25, -0.2) is 14.2 Å². The number of halogens is 1. The van der Waals surface area contributed by atoms with Crippen LogP contribution >= 0.6 is 0 Å². The molecule has 1 aliphatic heterocycles. The fourth-order valence-corrected chi connectivity index (χ4v) is 3.21. The minimum absolute atomic E-state index is 0.308. The predicted octanol–water partition coefficient (Wildman–Crippen LogP) is 3.58. The lowest BCUT2D eigenvalue weighted by Gasteiger charge is -2.18. The molecule has 2 heterocycles. The van der Waals surface area contributed by atoms with Gasteiger partial charge in [-0.05, 0) is 55.3 Å². The normalized spacial score (nSPS) is 14.1. The third-order valence-electron chi connectivity index (χ3n) is 4.75. The highest BCUT2D eigenvalue weighted by atomic mass is 19.1. The van der Waals surface area contributed by atoms with Gasteiger partial charge in [0.1, 0.15) is 11.6 Å². The molecule has 0 unspecified atom stereocenters. The van der Waals surface area contributed by atoms with E-state index in [0.29, 0.717) is 22.5 Å². The van der Waals surface area contributed by atoms with Crippen LogP contribution < -0.4 is 5.32 Å². The summed E-state index contributed by atoms with van der Waals surface area (Å²) in [6, 6.07) is 7.81. The highest BCUT2D eigenvalue weighted by Gasteiger charge is 2.16.